The van der Waals surface area contributed by atoms with E-state index in [9.17, 15) is 0 Å². The van der Waals surface area contributed by atoms with Crippen LogP contribution in [-0.2, 0) is 6.54 Å². The fourth-order valence-corrected chi connectivity index (χ4v) is 3.00. The number of pyridine rings is 1. The Kier molecular flexibility index (Phi) is 6.31. The molecule has 1 aromatic heterocycles. The minimum absolute atomic E-state index is 0.832. The third-order valence-corrected chi connectivity index (χ3v) is 4.12. The summed E-state index contributed by atoms with van der Waals surface area (Å²) in [6.07, 6.45) is 10.8. The fourth-order valence-electron chi connectivity index (χ4n) is 3.00. The van der Waals surface area contributed by atoms with E-state index >= 15 is 0 Å². The Balaban J connectivity index is 1.65. The Hall–Kier alpha value is -0.930. The number of nitrogens with zero attached hydrogens (tertiary/aromatic N) is 2. The van der Waals surface area contributed by atoms with E-state index in [1.54, 1.807) is 0 Å². The van der Waals surface area contributed by atoms with Gasteiger partial charge in [0.1, 0.15) is 0 Å². The molecule has 1 heterocycles. The van der Waals surface area contributed by atoms with Gasteiger partial charge in [0.05, 0.1) is 0 Å². The molecule has 1 aliphatic rings. The third kappa shape index (κ3) is 4.92. The summed E-state index contributed by atoms with van der Waals surface area (Å²) in [6.45, 7) is 6.63. The molecule has 0 amide bonds. The molecule has 0 saturated heterocycles. The molecule has 0 radical (unpaired) electrons. The smallest absolute Gasteiger partial charge is 0.0312 e. The molecule has 1 N–H and O–H groups in total. The fraction of sp³-hybridized carbons (Fsp3) is 0.688. The highest BCUT2D eigenvalue weighted by atomic mass is 15.2. The van der Waals surface area contributed by atoms with E-state index in [2.05, 4.69) is 28.2 Å². The highest BCUT2D eigenvalue weighted by Gasteiger charge is 2.18. The number of hydrogen-bond acceptors (Lipinski definition) is 3. The van der Waals surface area contributed by atoms with Gasteiger partial charge in [0.2, 0.25) is 0 Å². The van der Waals surface area contributed by atoms with Gasteiger partial charge in [-0.05, 0) is 31.0 Å². The van der Waals surface area contributed by atoms with Gasteiger partial charge < -0.3 is 5.32 Å². The molecule has 1 fully saturated rings. The molecule has 19 heavy (non-hydrogen) atoms. The Morgan fingerprint density at radius 1 is 1.32 bits per heavy atom. The number of likely N-dealkylation sites (N-methyl/N-ethyl adjacent to an activating group) is 1. The molecule has 0 aromatic carbocycles. The predicted octanol–water partition coefficient (Wildman–Crippen LogP) is 2.83. The molecule has 3 heteroatoms. The minimum atomic E-state index is 0.832. The lowest BCUT2D eigenvalue weighted by Gasteiger charge is -2.33. The predicted molar refractivity (Wildman–Crippen MR) is 80.1 cm³/mol. The van der Waals surface area contributed by atoms with Crippen LogP contribution in [0.15, 0.2) is 24.5 Å². The van der Waals surface area contributed by atoms with Crippen LogP contribution in [0.3, 0.4) is 0 Å². The first-order chi connectivity index (χ1) is 9.40. The number of aromatic nitrogens is 1. The molecule has 3 nitrogen and oxygen atoms in total. The van der Waals surface area contributed by atoms with E-state index in [0.29, 0.717) is 0 Å². The second kappa shape index (κ2) is 8.28. The summed E-state index contributed by atoms with van der Waals surface area (Å²) < 4.78 is 0. The van der Waals surface area contributed by atoms with Crippen LogP contribution >= 0.6 is 0 Å². The van der Waals surface area contributed by atoms with Crippen LogP contribution in [0.5, 0.6) is 0 Å². The number of rotatable bonds is 7. The summed E-state index contributed by atoms with van der Waals surface area (Å²) in [4.78, 5) is 6.79. The highest BCUT2D eigenvalue weighted by Crippen LogP contribution is 2.21. The molecular formula is C16H27N3. The molecule has 0 spiro atoms. The lowest BCUT2D eigenvalue weighted by atomic mass is 9.94. The van der Waals surface area contributed by atoms with Crippen molar-refractivity contribution in [2.24, 2.45) is 0 Å². The maximum absolute atomic E-state index is 4.14. The van der Waals surface area contributed by atoms with Gasteiger partial charge in [-0.1, -0.05) is 32.3 Å². The third-order valence-electron chi connectivity index (χ3n) is 4.12. The number of hydrogen-bond donors (Lipinski definition) is 1. The van der Waals surface area contributed by atoms with E-state index in [-0.39, 0.29) is 0 Å². The zero-order valence-electron chi connectivity index (χ0n) is 12.1. The molecular weight excluding hydrogens is 234 g/mol. The van der Waals surface area contributed by atoms with E-state index in [4.69, 9.17) is 0 Å². The van der Waals surface area contributed by atoms with Gasteiger partial charge in [0.15, 0.2) is 0 Å². The van der Waals surface area contributed by atoms with Crippen LogP contribution in [0.2, 0.25) is 0 Å². The first-order valence-electron chi connectivity index (χ1n) is 7.74. The standard InChI is InChI=1S/C16H27N3/c1-2-19(16-8-4-3-5-9-16)12-11-18-14-15-7-6-10-17-13-15/h6-7,10,13,16,18H,2-5,8-9,11-12,14H2,1H3. The quantitative estimate of drug-likeness (QED) is 0.765. The second-order valence-electron chi connectivity index (χ2n) is 5.46. The molecule has 106 valence electrons. The molecule has 1 saturated carbocycles. The average molecular weight is 261 g/mol. The van der Waals surface area contributed by atoms with Gasteiger partial charge in [-0.3, -0.25) is 9.88 Å². The normalized spacial score (nSPS) is 16.9. The van der Waals surface area contributed by atoms with Gasteiger partial charge in [0.25, 0.3) is 0 Å². The zero-order valence-corrected chi connectivity index (χ0v) is 12.1. The molecule has 0 bridgehead atoms. The van der Waals surface area contributed by atoms with Crippen molar-refractivity contribution in [3.63, 3.8) is 0 Å². The van der Waals surface area contributed by atoms with Crippen molar-refractivity contribution in [2.75, 3.05) is 19.6 Å². The van der Waals surface area contributed by atoms with Crippen molar-refractivity contribution in [1.29, 1.82) is 0 Å². The van der Waals surface area contributed by atoms with E-state index in [1.165, 1.54) is 50.8 Å². The summed E-state index contributed by atoms with van der Waals surface area (Å²) in [5, 5.41) is 3.52. The lowest BCUT2D eigenvalue weighted by molar-refractivity contribution is 0.164. The Labute approximate surface area is 117 Å². The van der Waals surface area contributed by atoms with Gasteiger partial charge in [-0.25, -0.2) is 0 Å². The molecule has 0 unspecified atom stereocenters. The summed E-state index contributed by atoms with van der Waals surface area (Å²) in [5.41, 5.74) is 1.27. The summed E-state index contributed by atoms with van der Waals surface area (Å²) in [6, 6.07) is 4.95. The van der Waals surface area contributed by atoms with Gasteiger partial charge in [-0.2, -0.15) is 0 Å². The SMILES string of the molecule is CCN(CCNCc1cccnc1)C1CCCCC1. The van der Waals surface area contributed by atoms with Gasteiger partial charge >= 0.3 is 0 Å². The second-order valence-corrected chi connectivity index (χ2v) is 5.46. The Morgan fingerprint density at radius 2 is 2.16 bits per heavy atom. The van der Waals surface area contributed by atoms with Crippen LogP contribution in [0.4, 0.5) is 0 Å². The first kappa shape index (κ1) is 14.5. The van der Waals surface area contributed by atoms with E-state index in [0.717, 1.165) is 19.1 Å². The van der Waals surface area contributed by atoms with Crippen molar-refractivity contribution in [3.8, 4) is 0 Å². The van der Waals surface area contributed by atoms with Crippen molar-refractivity contribution >= 4 is 0 Å². The molecule has 2 rings (SSSR count). The highest BCUT2D eigenvalue weighted by molar-refractivity contribution is 5.07. The monoisotopic (exact) mass is 261 g/mol. The maximum Gasteiger partial charge on any atom is 0.0312 e. The largest absolute Gasteiger partial charge is 0.311 e. The van der Waals surface area contributed by atoms with Crippen molar-refractivity contribution < 1.29 is 0 Å². The molecule has 1 aromatic rings. The van der Waals surface area contributed by atoms with Crippen LogP contribution < -0.4 is 5.32 Å². The Bertz CT molecular complexity index is 333. The molecule has 0 atom stereocenters. The molecule has 1 aliphatic carbocycles. The van der Waals surface area contributed by atoms with Crippen molar-refractivity contribution in [2.45, 2.75) is 51.6 Å². The lowest BCUT2D eigenvalue weighted by Crippen LogP contribution is -2.40. The van der Waals surface area contributed by atoms with Crippen LogP contribution in [0, 0.1) is 0 Å². The van der Waals surface area contributed by atoms with Gasteiger partial charge in [0, 0.05) is 38.1 Å². The summed E-state index contributed by atoms with van der Waals surface area (Å²) in [5.74, 6) is 0. The topological polar surface area (TPSA) is 28.2 Å². The summed E-state index contributed by atoms with van der Waals surface area (Å²) in [7, 11) is 0. The molecule has 0 aliphatic heterocycles. The van der Waals surface area contributed by atoms with E-state index < -0.39 is 0 Å². The maximum atomic E-state index is 4.14. The summed E-state index contributed by atoms with van der Waals surface area (Å²) >= 11 is 0. The van der Waals surface area contributed by atoms with Gasteiger partial charge in [-0.15, -0.1) is 0 Å². The van der Waals surface area contributed by atoms with E-state index in [1.807, 2.05) is 18.5 Å². The van der Waals surface area contributed by atoms with Crippen molar-refractivity contribution in [1.82, 2.24) is 15.2 Å². The van der Waals surface area contributed by atoms with Crippen LogP contribution in [0.1, 0.15) is 44.6 Å². The van der Waals surface area contributed by atoms with Crippen LogP contribution in [0.25, 0.3) is 0 Å². The number of nitrogens with one attached hydrogen (secondary N) is 1. The average Bonchev–Trinajstić information content (AvgIpc) is 2.49. The Morgan fingerprint density at radius 3 is 2.84 bits per heavy atom. The first-order valence-corrected chi connectivity index (χ1v) is 7.74. The zero-order chi connectivity index (χ0) is 13.3. The van der Waals surface area contributed by atoms with Crippen molar-refractivity contribution in [3.05, 3.63) is 30.1 Å². The minimum Gasteiger partial charge on any atom is -0.311 e. The van der Waals surface area contributed by atoms with Crippen LogP contribution in [-0.4, -0.2) is 35.6 Å².